The Hall–Kier alpha value is -1.12. The minimum atomic E-state index is -0.368. The van der Waals surface area contributed by atoms with Gasteiger partial charge in [-0.05, 0) is 6.92 Å². The van der Waals surface area contributed by atoms with Gasteiger partial charge in [-0.1, -0.05) is 6.08 Å². The van der Waals surface area contributed by atoms with Crippen molar-refractivity contribution in [2.75, 3.05) is 0 Å². The summed E-state index contributed by atoms with van der Waals surface area (Å²) in [7, 11) is 0. The maximum absolute atomic E-state index is 10.4. The minimum Gasteiger partial charge on any atom is -0.410 e. The van der Waals surface area contributed by atoms with E-state index in [0.29, 0.717) is 5.70 Å². The largest absolute Gasteiger partial charge is 0.410 e. The van der Waals surface area contributed by atoms with Crippen molar-refractivity contribution in [3.63, 3.8) is 0 Å². The Morgan fingerprint density at radius 3 is 2.88 bits per heavy atom. The van der Waals surface area contributed by atoms with Gasteiger partial charge in [-0.2, -0.15) is 0 Å². The van der Waals surface area contributed by atoms with Crippen LogP contribution in [0.3, 0.4) is 0 Å². The summed E-state index contributed by atoms with van der Waals surface area (Å²) in [6, 6.07) is 0. The van der Waals surface area contributed by atoms with Gasteiger partial charge in [0, 0.05) is 0 Å². The Kier molecular flexibility index (Phi) is 1.12. The molecule has 0 radical (unpaired) electrons. The lowest BCUT2D eigenvalue weighted by Crippen LogP contribution is -1.94. The molecule has 0 fully saturated rings. The van der Waals surface area contributed by atoms with Crippen molar-refractivity contribution in [3.8, 4) is 0 Å². The summed E-state index contributed by atoms with van der Waals surface area (Å²) in [5.74, 6) is -0.368. The molecule has 0 aromatic rings. The lowest BCUT2D eigenvalue weighted by molar-refractivity contribution is -0.129. The van der Waals surface area contributed by atoms with Crippen LogP contribution in [0.15, 0.2) is 16.8 Å². The first kappa shape index (κ1) is 5.03. The lowest BCUT2D eigenvalue weighted by atomic mass is 10.4. The SMILES string of the molecule is CC=C1N=COC1=O. The van der Waals surface area contributed by atoms with Crippen LogP contribution in [0.5, 0.6) is 0 Å². The van der Waals surface area contributed by atoms with Crippen LogP contribution in [0, 0.1) is 0 Å². The van der Waals surface area contributed by atoms with Crippen molar-refractivity contribution >= 4 is 12.4 Å². The zero-order chi connectivity index (χ0) is 5.98. The molecule has 0 saturated heterocycles. The highest BCUT2D eigenvalue weighted by atomic mass is 16.5. The number of cyclic esters (lactones) is 1. The van der Waals surface area contributed by atoms with Gasteiger partial charge in [-0.15, -0.1) is 0 Å². The highest BCUT2D eigenvalue weighted by Crippen LogP contribution is 2.03. The van der Waals surface area contributed by atoms with Crippen molar-refractivity contribution in [2.24, 2.45) is 4.99 Å². The topological polar surface area (TPSA) is 38.7 Å². The summed E-state index contributed by atoms with van der Waals surface area (Å²) >= 11 is 0. The molecule has 1 aliphatic rings. The number of aliphatic imine (C=N–C) groups is 1. The van der Waals surface area contributed by atoms with Crippen molar-refractivity contribution in [3.05, 3.63) is 11.8 Å². The molecule has 0 unspecified atom stereocenters. The molecule has 3 heteroatoms. The molecular formula is C5H5NO2. The number of hydrogen-bond donors (Lipinski definition) is 0. The summed E-state index contributed by atoms with van der Waals surface area (Å²) in [4.78, 5) is 14.0. The Balaban J connectivity index is 2.82. The summed E-state index contributed by atoms with van der Waals surface area (Å²) in [5, 5.41) is 0. The summed E-state index contributed by atoms with van der Waals surface area (Å²) in [5.41, 5.74) is 0.380. The lowest BCUT2D eigenvalue weighted by Gasteiger charge is -1.82. The molecule has 1 rings (SSSR count). The number of nitrogens with zero attached hydrogens (tertiary/aromatic N) is 1. The monoisotopic (exact) mass is 111 g/mol. The molecule has 1 aliphatic heterocycles. The zero-order valence-electron chi connectivity index (χ0n) is 4.42. The maximum atomic E-state index is 10.4. The van der Waals surface area contributed by atoms with Gasteiger partial charge < -0.3 is 4.74 Å². The fourth-order valence-electron chi connectivity index (χ4n) is 0.436. The minimum absolute atomic E-state index is 0.368. The van der Waals surface area contributed by atoms with Crippen LogP contribution in [0.4, 0.5) is 0 Å². The van der Waals surface area contributed by atoms with Crippen LogP contribution in [-0.4, -0.2) is 12.4 Å². The molecule has 3 nitrogen and oxygen atoms in total. The molecule has 42 valence electrons. The van der Waals surface area contributed by atoms with E-state index in [1.807, 2.05) is 0 Å². The number of carbonyl (C=O) groups excluding carboxylic acids is 1. The molecule has 0 N–H and O–H groups in total. The molecular weight excluding hydrogens is 106 g/mol. The molecule has 0 amide bonds. The second kappa shape index (κ2) is 1.78. The van der Waals surface area contributed by atoms with Crippen LogP contribution >= 0.6 is 0 Å². The van der Waals surface area contributed by atoms with E-state index >= 15 is 0 Å². The van der Waals surface area contributed by atoms with E-state index in [2.05, 4.69) is 9.73 Å². The van der Waals surface area contributed by atoms with Gasteiger partial charge in [0.05, 0.1) is 0 Å². The van der Waals surface area contributed by atoms with E-state index in [4.69, 9.17) is 0 Å². The van der Waals surface area contributed by atoms with E-state index in [9.17, 15) is 4.79 Å². The summed E-state index contributed by atoms with van der Waals surface area (Å²) in [6.45, 7) is 1.74. The number of allylic oxidation sites excluding steroid dienone is 1. The van der Waals surface area contributed by atoms with Crippen LogP contribution in [-0.2, 0) is 9.53 Å². The second-order valence-electron chi connectivity index (χ2n) is 1.31. The predicted octanol–water partition coefficient (Wildman–Crippen LogP) is 0.475. The highest BCUT2D eigenvalue weighted by Gasteiger charge is 2.11. The highest BCUT2D eigenvalue weighted by molar-refractivity contribution is 5.97. The maximum Gasteiger partial charge on any atom is 0.362 e. The third-order valence-corrected chi connectivity index (χ3v) is 0.834. The fraction of sp³-hybridized carbons (Fsp3) is 0.200. The summed E-state index contributed by atoms with van der Waals surface area (Å²) < 4.78 is 4.36. The van der Waals surface area contributed by atoms with E-state index in [1.54, 1.807) is 13.0 Å². The van der Waals surface area contributed by atoms with Crippen molar-refractivity contribution < 1.29 is 9.53 Å². The third kappa shape index (κ3) is 0.621. The Bertz CT molecular complexity index is 169. The number of rotatable bonds is 0. The normalized spacial score (nSPS) is 22.1. The molecule has 0 aliphatic carbocycles. The van der Waals surface area contributed by atoms with Crippen molar-refractivity contribution in [1.82, 2.24) is 0 Å². The average Bonchev–Trinajstić information content (AvgIpc) is 2.14. The molecule has 0 spiro atoms. The molecule has 0 aromatic carbocycles. The van der Waals surface area contributed by atoms with E-state index in [0.717, 1.165) is 6.40 Å². The second-order valence-corrected chi connectivity index (χ2v) is 1.31. The first-order valence-corrected chi connectivity index (χ1v) is 2.24. The summed E-state index contributed by atoms with van der Waals surface area (Å²) in [6.07, 6.45) is 2.74. The predicted molar refractivity (Wildman–Crippen MR) is 28.3 cm³/mol. The van der Waals surface area contributed by atoms with E-state index < -0.39 is 0 Å². The quantitative estimate of drug-likeness (QED) is 0.337. The molecule has 1 heterocycles. The zero-order valence-corrected chi connectivity index (χ0v) is 4.42. The van der Waals surface area contributed by atoms with Gasteiger partial charge in [0.25, 0.3) is 0 Å². The number of hydrogen-bond acceptors (Lipinski definition) is 3. The Labute approximate surface area is 46.7 Å². The Morgan fingerprint density at radius 1 is 1.88 bits per heavy atom. The molecule has 0 atom stereocenters. The molecule has 8 heavy (non-hydrogen) atoms. The third-order valence-electron chi connectivity index (χ3n) is 0.834. The van der Waals surface area contributed by atoms with Crippen LogP contribution in [0.25, 0.3) is 0 Å². The van der Waals surface area contributed by atoms with Crippen molar-refractivity contribution in [2.45, 2.75) is 6.92 Å². The smallest absolute Gasteiger partial charge is 0.362 e. The first-order valence-electron chi connectivity index (χ1n) is 2.24. The van der Waals surface area contributed by atoms with Crippen molar-refractivity contribution in [1.29, 1.82) is 0 Å². The number of carbonyl (C=O) groups is 1. The average molecular weight is 111 g/mol. The van der Waals surface area contributed by atoms with Gasteiger partial charge in [0.2, 0.25) is 0 Å². The molecule has 0 aromatic heterocycles. The van der Waals surface area contributed by atoms with Gasteiger partial charge in [0.15, 0.2) is 6.40 Å². The van der Waals surface area contributed by atoms with Gasteiger partial charge >= 0.3 is 5.97 Å². The van der Waals surface area contributed by atoms with Crippen LogP contribution < -0.4 is 0 Å². The van der Waals surface area contributed by atoms with Crippen LogP contribution in [0.1, 0.15) is 6.92 Å². The van der Waals surface area contributed by atoms with E-state index in [-0.39, 0.29) is 5.97 Å². The Morgan fingerprint density at radius 2 is 2.62 bits per heavy atom. The van der Waals surface area contributed by atoms with Gasteiger partial charge in [0.1, 0.15) is 5.70 Å². The van der Waals surface area contributed by atoms with E-state index in [1.165, 1.54) is 0 Å². The first-order chi connectivity index (χ1) is 3.84. The van der Waals surface area contributed by atoms with Gasteiger partial charge in [-0.25, -0.2) is 9.79 Å². The fourth-order valence-corrected chi connectivity index (χ4v) is 0.436. The van der Waals surface area contributed by atoms with Gasteiger partial charge in [-0.3, -0.25) is 0 Å². The number of esters is 1. The molecule has 0 bridgehead atoms. The number of ether oxygens (including phenoxy) is 1. The molecule has 0 saturated carbocycles. The van der Waals surface area contributed by atoms with Crippen LogP contribution in [0.2, 0.25) is 0 Å². The standard InChI is InChI=1S/C5H5NO2/c1-2-4-5(7)8-3-6-4/h2-3H,1H3.